The monoisotopic (exact) mass is 376 g/mol. The molecule has 2 N–H and O–H groups in total. The number of halogens is 1. The van der Waals surface area contributed by atoms with Crippen molar-refractivity contribution in [1.82, 2.24) is 19.8 Å². The van der Waals surface area contributed by atoms with Crippen LogP contribution >= 0.6 is 11.6 Å². The van der Waals surface area contributed by atoms with Crippen molar-refractivity contribution in [2.75, 3.05) is 26.0 Å². The lowest BCUT2D eigenvalue weighted by atomic mass is 10.3. The Morgan fingerprint density at radius 1 is 1.42 bits per heavy atom. The summed E-state index contributed by atoms with van der Waals surface area (Å²) >= 11 is 6.02. The maximum absolute atomic E-state index is 12.0. The van der Waals surface area contributed by atoms with Gasteiger partial charge in [-0.1, -0.05) is 17.7 Å². The number of guanidine groups is 1. The standard InChI is InChI=1S/C18H25ClN6O/c1-13-5-6-16(22-10-13)23-17(26)7-8-21-18(20-2)25(4)12-15-9-14(19)11-24(15)3/h5-6,9-11H,7-8,12H2,1-4H3,(H,20,21)(H,22,23,26). The summed E-state index contributed by atoms with van der Waals surface area (Å²) < 4.78 is 1.98. The summed E-state index contributed by atoms with van der Waals surface area (Å²) in [5.41, 5.74) is 2.12. The molecule has 0 aliphatic heterocycles. The highest BCUT2D eigenvalue weighted by molar-refractivity contribution is 6.30. The Morgan fingerprint density at radius 2 is 2.19 bits per heavy atom. The molecule has 8 heteroatoms. The summed E-state index contributed by atoms with van der Waals surface area (Å²) in [4.78, 5) is 22.4. The van der Waals surface area contributed by atoms with Crippen molar-refractivity contribution in [3.8, 4) is 0 Å². The topological polar surface area (TPSA) is 74.5 Å². The second-order valence-corrected chi connectivity index (χ2v) is 6.55. The average molecular weight is 377 g/mol. The van der Waals surface area contributed by atoms with Gasteiger partial charge in [0.05, 0.1) is 11.6 Å². The molecule has 140 valence electrons. The summed E-state index contributed by atoms with van der Waals surface area (Å²) in [6.07, 6.45) is 3.91. The largest absolute Gasteiger partial charge is 0.356 e. The zero-order chi connectivity index (χ0) is 19.1. The van der Waals surface area contributed by atoms with Gasteiger partial charge in [0.1, 0.15) is 5.82 Å². The van der Waals surface area contributed by atoms with E-state index in [2.05, 4.69) is 20.6 Å². The van der Waals surface area contributed by atoms with E-state index in [1.807, 2.05) is 48.8 Å². The third-order valence-corrected chi connectivity index (χ3v) is 4.07. The molecule has 0 saturated heterocycles. The van der Waals surface area contributed by atoms with Crippen LogP contribution in [0, 0.1) is 6.92 Å². The number of aromatic nitrogens is 2. The third kappa shape index (κ3) is 5.77. The van der Waals surface area contributed by atoms with Crippen LogP contribution in [0.3, 0.4) is 0 Å². The SMILES string of the molecule is CN=C(NCCC(=O)Nc1ccc(C)cn1)N(C)Cc1cc(Cl)cn1C. The number of pyridine rings is 1. The zero-order valence-electron chi connectivity index (χ0n) is 15.6. The fourth-order valence-corrected chi connectivity index (χ4v) is 2.73. The van der Waals surface area contributed by atoms with Crippen molar-refractivity contribution in [2.45, 2.75) is 19.9 Å². The van der Waals surface area contributed by atoms with Gasteiger partial charge in [0.15, 0.2) is 5.96 Å². The molecule has 1 amide bonds. The van der Waals surface area contributed by atoms with Crippen LogP contribution in [0.5, 0.6) is 0 Å². The lowest BCUT2D eigenvalue weighted by Gasteiger charge is -2.22. The molecule has 0 aliphatic carbocycles. The number of carbonyl (C=O) groups excluding carboxylic acids is 1. The lowest BCUT2D eigenvalue weighted by molar-refractivity contribution is -0.116. The van der Waals surface area contributed by atoms with Crippen LogP contribution < -0.4 is 10.6 Å². The van der Waals surface area contributed by atoms with Gasteiger partial charge in [0.2, 0.25) is 5.91 Å². The number of nitrogens with zero attached hydrogens (tertiary/aromatic N) is 4. The van der Waals surface area contributed by atoms with Crippen LogP contribution in [0.4, 0.5) is 5.82 Å². The van der Waals surface area contributed by atoms with E-state index >= 15 is 0 Å². The molecule has 2 aromatic heterocycles. The van der Waals surface area contributed by atoms with Gasteiger partial charge >= 0.3 is 0 Å². The summed E-state index contributed by atoms with van der Waals surface area (Å²) in [5, 5.41) is 6.68. The van der Waals surface area contributed by atoms with Gasteiger partial charge in [0.25, 0.3) is 0 Å². The third-order valence-electron chi connectivity index (χ3n) is 3.86. The molecule has 2 heterocycles. The summed E-state index contributed by atoms with van der Waals surface area (Å²) in [5.74, 6) is 1.17. The first-order chi connectivity index (χ1) is 12.4. The number of amides is 1. The minimum absolute atomic E-state index is 0.0961. The van der Waals surface area contributed by atoms with Gasteiger partial charge < -0.3 is 20.1 Å². The Morgan fingerprint density at radius 3 is 2.77 bits per heavy atom. The van der Waals surface area contributed by atoms with Crippen LogP contribution in [0.2, 0.25) is 5.02 Å². The molecule has 2 aromatic rings. The van der Waals surface area contributed by atoms with Gasteiger partial charge in [-0.15, -0.1) is 0 Å². The number of anilines is 1. The first kappa shape index (κ1) is 19.8. The Balaban J connectivity index is 1.79. The highest BCUT2D eigenvalue weighted by atomic mass is 35.5. The number of aliphatic imine (C=N–C) groups is 1. The van der Waals surface area contributed by atoms with E-state index in [4.69, 9.17) is 11.6 Å². The smallest absolute Gasteiger partial charge is 0.227 e. The molecule has 7 nitrogen and oxygen atoms in total. The van der Waals surface area contributed by atoms with Crippen molar-refractivity contribution in [3.63, 3.8) is 0 Å². The second-order valence-electron chi connectivity index (χ2n) is 6.11. The molecule has 0 spiro atoms. The molecule has 0 bridgehead atoms. The minimum Gasteiger partial charge on any atom is -0.356 e. The van der Waals surface area contributed by atoms with Crippen LogP contribution in [0.15, 0.2) is 35.6 Å². The van der Waals surface area contributed by atoms with E-state index in [1.54, 1.807) is 19.3 Å². The summed E-state index contributed by atoms with van der Waals surface area (Å²) in [6, 6.07) is 5.62. The maximum Gasteiger partial charge on any atom is 0.227 e. The molecule has 0 aliphatic rings. The summed E-state index contributed by atoms with van der Waals surface area (Å²) in [7, 11) is 5.61. The van der Waals surface area contributed by atoms with E-state index in [9.17, 15) is 4.79 Å². The molecule has 0 atom stereocenters. The predicted molar refractivity (Wildman–Crippen MR) is 105 cm³/mol. The molecule has 0 radical (unpaired) electrons. The van der Waals surface area contributed by atoms with E-state index in [0.717, 1.165) is 11.3 Å². The van der Waals surface area contributed by atoms with Gasteiger partial charge in [-0.05, 0) is 24.6 Å². The maximum atomic E-state index is 12.0. The van der Waals surface area contributed by atoms with Gasteiger partial charge in [-0.25, -0.2) is 4.98 Å². The van der Waals surface area contributed by atoms with Crippen LogP contribution in [-0.2, 0) is 18.4 Å². The lowest BCUT2D eigenvalue weighted by Crippen LogP contribution is -2.40. The van der Waals surface area contributed by atoms with E-state index < -0.39 is 0 Å². The number of hydrogen-bond donors (Lipinski definition) is 2. The number of carbonyl (C=O) groups is 1. The quantitative estimate of drug-likeness (QED) is 0.599. The molecule has 2 rings (SSSR count). The molecule has 0 fully saturated rings. The molecular weight excluding hydrogens is 352 g/mol. The number of aryl methyl sites for hydroxylation is 2. The fraction of sp³-hybridized carbons (Fsp3) is 0.389. The predicted octanol–water partition coefficient (Wildman–Crippen LogP) is 2.42. The second kappa shape index (κ2) is 9.24. The van der Waals surface area contributed by atoms with Crippen LogP contribution in [-0.4, -0.2) is 47.0 Å². The van der Waals surface area contributed by atoms with Gasteiger partial charge in [-0.3, -0.25) is 9.79 Å². The Hall–Kier alpha value is -2.54. The number of hydrogen-bond acceptors (Lipinski definition) is 3. The van der Waals surface area contributed by atoms with Gasteiger partial charge in [-0.2, -0.15) is 0 Å². The molecule has 0 aromatic carbocycles. The highest BCUT2D eigenvalue weighted by Crippen LogP contribution is 2.14. The average Bonchev–Trinajstić information content (AvgIpc) is 2.91. The van der Waals surface area contributed by atoms with Crippen molar-refractivity contribution in [1.29, 1.82) is 0 Å². The Labute approximate surface area is 159 Å². The molecular formula is C18H25ClN6O. The van der Waals surface area contributed by atoms with E-state index in [1.165, 1.54) is 0 Å². The molecule has 26 heavy (non-hydrogen) atoms. The Kier molecular flexibility index (Phi) is 7.03. The van der Waals surface area contributed by atoms with Crippen LogP contribution in [0.25, 0.3) is 0 Å². The van der Waals surface area contributed by atoms with Crippen LogP contribution in [0.1, 0.15) is 17.7 Å². The van der Waals surface area contributed by atoms with Crippen molar-refractivity contribution in [2.24, 2.45) is 12.0 Å². The van der Waals surface area contributed by atoms with Crippen molar-refractivity contribution >= 4 is 29.3 Å². The van der Waals surface area contributed by atoms with Crippen molar-refractivity contribution < 1.29 is 4.79 Å². The zero-order valence-corrected chi connectivity index (χ0v) is 16.3. The molecule has 0 unspecified atom stereocenters. The first-order valence-electron chi connectivity index (χ1n) is 8.34. The first-order valence-corrected chi connectivity index (χ1v) is 8.72. The number of rotatable bonds is 6. The number of nitrogens with one attached hydrogen (secondary N) is 2. The Bertz CT molecular complexity index is 768. The fourth-order valence-electron chi connectivity index (χ4n) is 2.46. The van der Waals surface area contributed by atoms with E-state index in [0.29, 0.717) is 36.3 Å². The summed E-state index contributed by atoms with van der Waals surface area (Å²) in [6.45, 7) is 3.08. The van der Waals surface area contributed by atoms with Gasteiger partial charge in [0, 0.05) is 52.2 Å². The van der Waals surface area contributed by atoms with Crippen molar-refractivity contribution in [3.05, 3.63) is 46.9 Å². The minimum atomic E-state index is -0.0961. The normalized spacial score (nSPS) is 11.3. The molecule has 0 saturated carbocycles. The van der Waals surface area contributed by atoms with E-state index in [-0.39, 0.29) is 5.91 Å². The highest BCUT2D eigenvalue weighted by Gasteiger charge is 2.10.